The maximum Gasteiger partial charge on any atom is 0.162 e. The minimum atomic E-state index is 0.0893. The van der Waals surface area contributed by atoms with E-state index in [1.165, 1.54) is 0 Å². The van der Waals surface area contributed by atoms with Crippen molar-refractivity contribution in [1.29, 1.82) is 0 Å². The molecule has 138 valence electrons. The molecule has 0 bridgehead atoms. The second-order valence-electron chi connectivity index (χ2n) is 6.09. The van der Waals surface area contributed by atoms with Crippen LogP contribution in [0.4, 0.5) is 5.69 Å². The zero-order valence-corrected chi connectivity index (χ0v) is 15.7. The summed E-state index contributed by atoms with van der Waals surface area (Å²) in [4.78, 5) is 11.3. The second-order valence-corrected chi connectivity index (χ2v) is 6.53. The van der Waals surface area contributed by atoms with Crippen LogP contribution >= 0.6 is 11.6 Å². The van der Waals surface area contributed by atoms with Gasteiger partial charge in [-0.05, 0) is 18.2 Å². The Kier molecular flexibility index (Phi) is 4.49. The van der Waals surface area contributed by atoms with Crippen LogP contribution in [0, 0.1) is 0 Å². The molecule has 0 amide bonds. The Morgan fingerprint density at radius 1 is 1.19 bits per heavy atom. The molecule has 2 aliphatic rings. The number of aliphatic imine (C=N–C) groups is 2. The number of ether oxygens (including phenoxy) is 2. The van der Waals surface area contributed by atoms with Gasteiger partial charge in [0.1, 0.15) is 17.4 Å². The lowest BCUT2D eigenvalue weighted by atomic mass is 10.1. The van der Waals surface area contributed by atoms with E-state index in [0.717, 1.165) is 17.1 Å². The number of hydrogen-bond acceptors (Lipinski definition) is 6. The first-order valence-electron chi connectivity index (χ1n) is 8.44. The highest BCUT2D eigenvalue weighted by atomic mass is 35.5. The van der Waals surface area contributed by atoms with Gasteiger partial charge in [-0.15, -0.1) is 0 Å². The van der Waals surface area contributed by atoms with Crippen LogP contribution in [-0.4, -0.2) is 49.0 Å². The third kappa shape index (κ3) is 3.13. The fourth-order valence-corrected chi connectivity index (χ4v) is 3.38. The smallest absolute Gasteiger partial charge is 0.162 e. The van der Waals surface area contributed by atoms with E-state index < -0.39 is 0 Å². The zero-order valence-electron chi connectivity index (χ0n) is 14.9. The topological polar surface area (TPSA) is 66.7 Å². The Morgan fingerprint density at radius 3 is 2.70 bits per heavy atom. The van der Waals surface area contributed by atoms with Crippen molar-refractivity contribution < 1.29 is 14.6 Å². The average Bonchev–Trinajstić information content (AvgIpc) is 3.17. The first-order valence-corrected chi connectivity index (χ1v) is 8.82. The molecule has 0 spiro atoms. The summed E-state index contributed by atoms with van der Waals surface area (Å²) >= 11 is 6.03. The summed E-state index contributed by atoms with van der Waals surface area (Å²) in [5, 5.41) is 11.1. The van der Waals surface area contributed by atoms with E-state index in [0.29, 0.717) is 41.0 Å². The minimum absolute atomic E-state index is 0.0893. The van der Waals surface area contributed by atoms with E-state index in [1.807, 2.05) is 17.0 Å². The monoisotopic (exact) mass is 383 g/mol. The quantitative estimate of drug-likeness (QED) is 0.808. The third-order valence-electron chi connectivity index (χ3n) is 4.48. The molecular formula is C20H18ClN3O3. The van der Waals surface area contributed by atoms with Gasteiger partial charge in [-0.25, -0.2) is 4.99 Å². The van der Waals surface area contributed by atoms with Crippen molar-refractivity contribution in [3.8, 4) is 11.5 Å². The van der Waals surface area contributed by atoms with Crippen LogP contribution in [0.2, 0.25) is 5.02 Å². The van der Waals surface area contributed by atoms with Gasteiger partial charge >= 0.3 is 0 Å². The summed E-state index contributed by atoms with van der Waals surface area (Å²) in [5.74, 6) is 2.73. The number of nitrogens with zero attached hydrogens (tertiary/aromatic N) is 3. The van der Waals surface area contributed by atoms with Gasteiger partial charge in [0.15, 0.2) is 11.5 Å². The molecule has 2 aromatic carbocycles. The normalized spacial score (nSPS) is 15.7. The van der Waals surface area contributed by atoms with Crippen LogP contribution in [0.25, 0.3) is 5.76 Å². The van der Waals surface area contributed by atoms with Gasteiger partial charge in [-0.1, -0.05) is 23.7 Å². The van der Waals surface area contributed by atoms with E-state index in [9.17, 15) is 5.11 Å². The van der Waals surface area contributed by atoms with Crippen molar-refractivity contribution in [2.45, 2.75) is 0 Å². The predicted molar refractivity (Wildman–Crippen MR) is 107 cm³/mol. The number of aliphatic hydroxyl groups is 1. The molecule has 7 heteroatoms. The summed E-state index contributed by atoms with van der Waals surface area (Å²) in [6, 6.07) is 10.7. The molecule has 4 rings (SSSR count). The summed E-state index contributed by atoms with van der Waals surface area (Å²) in [6.07, 6.45) is 1.63. The molecule has 0 saturated heterocycles. The van der Waals surface area contributed by atoms with Gasteiger partial charge in [-0.3, -0.25) is 4.99 Å². The zero-order chi connectivity index (χ0) is 19.0. The number of fused-ring (bicyclic) bond motifs is 3. The Balaban J connectivity index is 1.81. The lowest BCUT2D eigenvalue weighted by molar-refractivity contribution is 0.355. The minimum Gasteiger partial charge on any atom is -0.507 e. The van der Waals surface area contributed by atoms with Gasteiger partial charge in [0, 0.05) is 34.8 Å². The van der Waals surface area contributed by atoms with Gasteiger partial charge in [-0.2, -0.15) is 0 Å². The second kappa shape index (κ2) is 6.96. The maximum absolute atomic E-state index is 10.6. The van der Waals surface area contributed by atoms with Crippen molar-refractivity contribution in [2.75, 3.05) is 27.3 Å². The van der Waals surface area contributed by atoms with Gasteiger partial charge in [0.2, 0.25) is 0 Å². The Labute approximate surface area is 162 Å². The summed E-state index contributed by atoms with van der Waals surface area (Å²) in [7, 11) is 3.18. The Hall–Kier alpha value is -2.99. The molecule has 27 heavy (non-hydrogen) atoms. The van der Waals surface area contributed by atoms with Crippen LogP contribution in [0.5, 0.6) is 11.5 Å². The SMILES string of the molecule is COc1cc2c(cc1OC)C1=NCCN1C(/C=C(\O)c1cccc(Cl)c1)=N2. The number of aliphatic hydroxyl groups excluding tert-OH is 1. The van der Waals surface area contributed by atoms with Gasteiger partial charge < -0.3 is 19.5 Å². The van der Waals surface area contributed by atoms with Crippen LogP contribution in [0.3, 0.4) is 0 Å². The van der Waals surface area contributed by atoms with Gasteiger partial charge in [0.05, 0.1) is 26.5 Å². The van der Waals surface area contributed by atoms with Crippen molar-refractivity contribution in [3.63, 3.8) is 0 Å². The molecule has 6 nitrogen and oxygen atoms in total. The number of benzene rings is 2. The van der Waals surface area contributed by atoms with Crippen LogP contribution in [-0.2, 0) is 0 Å². The molecule has 2 aromatic rings. The lowest BCUT2D eigenvalue weighted by Gasteiger charge is -2.26. The van der Waals surface area contributed by atoms with E-state index in [4.69, 9.17) is 26.1 Å². The van der Waals surface area contributed by atoms with E-state index >= 15 is 0 Å². The fraction of sp³-hybridized carbons (Fsp3) is 0.200. The molecule has 2 heterocycles. The number of rotatable bonds is 4. The molecule has 0 unspecified atom stereocenters. The summed E-state index contributed by atoms with van der Waals surface area (Å²) in [5.41, 5.74) is 2.22. The highest BCUT2D eigenvalue weighted by Crippen LogP contribution is 2.38. The molecule has 0 saturated carbocycles. The lowest BCUT2D eigenvalue weighted by Crippen LogP contribution is -2.36. The first kappa shape index (κ1) is 17.4. The molecule has 0 atom stereocenters. The van der Waals surface area contributed by atoms with Crippen molar-refractivity contribution in [2.24, 2.45) is 9.98 Å². The van der Waals surface area contributed by atoms with Crippen molar-refractivity contribution in [1.82, 2.24) is 4.90 Å². The molecule has 0 aromatic heterocycles. The van der Waals surface area contributed by atoms with E-state index in [-0.39, 0.29) is 5.76 Å². The number of amidine groups is 2. The molecule has 0 fully saturated rings. The predicted octanol–water partition coefficient (Wildman–Crippen LogP) is 4.06. The third-order valence-corrected chi connectivity index (χ3v) is 4.72. The van der Waals surface area contributed by atoms with Crippen LogP contribution < -0.4 is 9.47 Å². The van der Waals surface area contributed by atoms with Gasteiger partial charge in [0.25, 0.3) is 0 Å². The molecule has 0 radical (unpaired) electrons. The van der Waals surface area contributed by atoms with Crippen LogP contribution in [0.1, 0.15) is 11.1 Å². The molecule has 2 aliphatic heterocycles. The summed E-state index contributed by atoms with van der Waals surface area (Å²) < 4.78 is 10.8. The number of halogens is 1. The maximum atomic E-state index is 10.6. The molecule has 0 aliphatic carbocycles. The number of hydrogen-bond donors (Lipinski definition) is 1. The van der Waals surface area contributed by atoms with Crippen molar-refractivity contribution >= 4 is 34.7 Å². The van der Waals surface area contributed by atoms with Crippen LogP contribution in [0.15, 0.2) is 52.5 Å². The number of methoxy groups -OCH3 is 2. The highest BCUT2D eigenvalue weighted by Gasteiger charge is 2.30. The highest BCUT2D eigenvalue weighted by molar-refractivity contribution is 6.30. The standard InChI is InChI=1S/C20H18ClN3O3/c1-26-17-9-14-15(10-18(17)27-2)23-19(24-7-6-22-20(14)24)11-16(25)12-4-3-5-13(21)8-12/h3-5,8-11,25H,6-7H2,1-2H3/b16-11-. The van der Waals surface area contributed by atoms with E-state index in [1.54, 1.807) is 44.6 Å². The summed E-state index contributed by atoms with van der Waals surface area (Å²) in [6.45, 7) is 1.36. The molecule has 1 N–H and O–H groups in total. The molecular weight excluding hydrogens is 366 g/mol. The Morgan fingerprint density at radius 2 is 1.96 bits per heavy atom. The first-order chi connectivity index (χ1) is 13.1. The van der Waals surface area contributed by atoms with E-state index in [2.05, 4.69) is 4.99 Å². The Bertz CT molecular complexity index is 998. The fourth-order valence-electron chi connectivity index (χ4n) is 3.19. The average molecular weight is 384 g/mol. The largest absolute Gasteiger partial charge is 0.507 e. The van der Waals surface area contributed by atoms with Crippen molar-refractivity contribution in [3.05, 3.63) is 58.6 Å².